The van der Waals surface area contributed by atoms with Gasteiger partial charge in [0.15, 0.2) is 0 Å². The van der Waals surface area contributed by atoms with Crippen molar-refractivity contribution in [2.45, 2.75) is 6.42 Å². The van der Waals surface area contributed by atoms with Crippen molar-refractivity contribution in [1.29, 1.82) is 0 Å². The van der Waals surface area contributed by atoms with E-state index in [1.807, 2.05) is 17.5 Å². The van der Waals surface area contributed by atoms with Crippen LogP contribution in [0, 0.1) is 0 Å². The number of hydrogen-bond donors (Lipinski definition) is 2. The molecule has 2 aromatic rings. The summed E-state index contributed by atoms with van der Waals surface area (Å²) in [4.78, 5) is 4.59. The molecule has 0 atom stereocenters. The number of nitrogens with zero attached hydrogens (tertiary/aromatic N) is 1. The standard InChI is InChI=1S/C12H12ClN3S2/c13-8-1-2-9(12(14)17)10(7-8)15-4-3-11-16-5-6-18-11/h1-2,5-7,15H,3-4H2,(H2,14,17). The highest BCUT2D eigenvalue weighted by Crippen LogP contribution is 2.21. The molecule has 0 unspecified atom stereocenters. The van der Waals surface area contributed by atoms with E-state index in [2.05, 4.69) is 10.3 Å². The van der Waals surface area contributed by atoms with Gasteiger partial charge in [-0.25, -0.2) is 4.98 Å². The molecule has 0 amide bonds. The van der Waals surface area contributed by atoms with Gasteiger partial charge in [0.1, 0.15) is 4.99 Å². The van der Waals surface area contributed by atoms with Crippen LogP contribution in [0.1, 0.15) is 10.6 Å². The zero-order valence-electron chi connectivity index (χ0n) is 9.52. The summed E-state index contributed by atoms with van der Waals surface area (Å²) in [5, 5.41) is 7.01. The second-order valence-corrected chi connectivity index (χ2v) is 5.51. The van der Waals surface area contributed by atoms with Crippen LogP contribution in [-0.4, -0.2) is 16.5 Å². The first-order chi connectivity index (χ1) is 8.66. The van der Waals surface area contributed by atoms with E-state index >= 15 is 0 Å². The van der Waals surface area contributed by atoms with E-state index in [1.165, 1.54) is 0 Å². The molecule has 0 aliphatic rings. The Bertz CT molecular complexity index is 540. The third kappa shape index (κ3) is 3.41. The maximum absolute atomic E-state index is 5.97. The molecule has 0 aliphatic carbocycles. The topological polar surface area (TPSA) is 50.9 Å². The van der Waals surface area contributed by atoms with Crippen molar-refractivity contribution >= 4 is 45.8 Å². The van der Waals surface area contributed by atoms with E-state index in [-0.39, 0.29) is 0 Å². The van der Waals surface area contributed by atoms with E-state index in [4.69, 9.17) is 29.6 Å². The quantitative estimate of drug-likeness (QED) is 0.833. The van der Waals surface area contributed by atoms with Crippen LogP contribution in [0.15, 0.2) is 29.8 Å². The Morgan fingerprint density at radius 3 is 3.00 bits per heavy atom. The van der Waals surface area contributed by atoms with Gasteiger partial charge in [-0.1, -0.05) is 23.8 Å². The molecule has 1 aromatic carbocycles. The highest BCUT2D eigenvalue weighted by Gasteiger charge is 2.06. The van der Waals surface area contributed by atoms with E-state index < -0.39 is 0 Å². The third-order valence-electron chi connectivity index (χ3n) is 2.38. The Morgan fingerprint density at radius 2 is 2.33 bits per heavy atom. The largest absolute Gasteiger partial charge is 0.389 e. The summed E-state index contributed by atoms with van der Waals surface area (Å²) in [7, 11) is 0. The summed E-state index contributed by atoms with van der Waals surface area (Å²) in [6.45, 7) is 0.767. The SMILES string of the molecule is NC(=S)c1ccc(Cl)cc1NCCc1nccs1. The molecule has 2 rings (SSSR count). The predicted octanol–water partition coefficient (Wildman–Crippen LogP) is 3.09. The Kier molecular flexibility index (Phi) is 4.52. The van der Waals surface area contributed by atoms with Crippen molar-refractivity contribution in [3.8, 4) is 0 Å². The number of halogens is 1. The van der Waals surface area contributed by atoms with E-state index in [9.17, 15) is 0 Å². The maximum Gasteiger partial charge on any atom is 0.106 e. The van der Waals surface area contributed by atoms with Gasteiger partial charge in [-0.2, -0.15) is 0 Å². The summed E-state index contributed by atoms with van der Waals surface area (Å²) >= 11 is 12.6. The van der Waals surface area contributed by atoms with Crippen molar-refractivity contribution in [3.05, 3.63) is 45.4 Å². The number of aromatic nitrogens is 1. The number of thiocarbonyl (C=S) groups is 1. The van der Waals surface area contributed by atoms with Gasteiger partial charge in [0.2, 0.25) is 0 Å². The molecule has 1 aromatic heterocycles. The average Bonchev–Trinajstić information content (AvgIpc) is 2.82. The number of benzene rings is 1. The predicted molar refractivity (Wildman–Crippen MR) is 81.6 cm³/mol. The van der Waals surface area contributed by atoms with E-state index in [1.54, 1.807) is 23.6 Å². The summed E-state index contributed by atoms with van der Waals surface area (Å²) in [6, 6.07) is 5.44. The minimum Gasteiger partial charge on any atom is -0.389 e. The molecule has 6 heteroatoms. The molecule has 3 nitrogen and oxygen atoms in total. The van der Waals surface area contributed by atoms with Gasteiger partial charge in [-0.05, 0) is 18.2 Å². The number of anilines is 1. The zero-order chi connectivity index (χ0) is 13.0. The Hall–Kier alpha value is -1.17. The molecule has 0 bridgehead atoms. The van der Waals surface area contributed by atoms with E-state index in [0.29, 0.717) is 10.0 Å². The first-order valence-electron chi connectivity index (χ1n) is 5.38. The summed E-state index contributed by atoms with van der Waals surface area (Å²) < 4.78 is 0. The normalized spacial score (nSPS) is 10.3. The van der Waals surface area contributed by atoms with Crippen LogP contribution in [0.25, 0.3) is 0 Å². The van der Waals surface area contributed by atoms with Crippen LogP contribution in [-0.2, 0) is 6.42 Å². The maximum atomic E-state index is 5.97. The molecule has 1 heterocycles. The van der Waals surface area contributed by atoms with Crippen LogP contribution in [0.4, 0.5) is 5.69 Å². The number of hydrogen-bond acceptors (Lipinski definition) is 4. The minimum atomic E-state index is 0.364. The van der Waals surface area contributed by atoms with Gasteiger partial charge < -0.3 is 11.1 Å². The van der Waals surface area contributed by atoms with Crippen molar-refractivity contribution in [3.63, 3.8) is 0 Å². The Morgan fingerprint density at radius 1 is 1.50 bits per heavy atom. The summed E-state index contributed by atoms with van der Waals surface area (Å²) in [5.74, 6) is 0. The first-order valence-corrected chi connectivity index (χ1v) is 7.05. The molecule has 18 heavy (non-hydrogen) atoms. The van der Waals surface area contributed by atoms with Gasteiger partial charge in [-0.3, -0.25) is 0 Å². The van der Waals surface area contributed by atoms with Gasteiger partial charge in [0.05, 0.1) is 5.01 Å². The van der Waals surface area contributed by atoms with Crippen molar-refractivity contribution in [2.24, 2.45) is 5.73 Å². The van der Waals surface area contributed by atoms with Gasteiger partial charge >= 0.3 is 0 Å². The fourth-order valence-electron chi connectivity index (χ4n) is 1.56. The number of rotatable bonds is 5. The van der Waals surface area contributed by atoms with Crippen LogP contribution >= 0.6 is 35.2 Å². The Balaban J connectivity index is 2.03. The highest BCUT2D eigenvalue weighted by atomic mass is 35.5. The average molecular weight is 298 g/mol. The molecule has 0 saturated carbocycles. The summed E-state index contributed by atoms with van der Waals surface area (Å²) in [5.41, 5.74) is 7.35. The monoisotopic (exact) mass is 297 g/mol. The van der Waals surface area contributed by atoms with E-state index in [0.717, 1.165) is 29.2 Å². The van der Waals surface area contributed by atoms with Gasteiger partial charge in [-0.15, -0.1) is 11.3 Å². The molecular formula is C12H12ClN3S2. The van der Waals surface area contributed by atoms with Crippen LogP contribution in [0.3, 0.4) is 0 Å². The van der Waals surface area contributed by atoms with Gasteiger partial charge in [0, 0.05) is 40.8 Å². The van der Waals surface area contributed by atoms with Crippen molar-refractivity contribution < 1.29 is 0 Å². The van der Waals surface area contributed by atoms with Crippen LogP contribution in [0.5, 0.6) is 0 Å². The lowest BCUT2D eigenvalue weighted by Crippen LogP contribution is -2.14. The third-order valence-corrected chi connectivity index (χ3v) is 3.68. The second kappa shape index (κ2) is 6.13. The first kappa shape index (κ1) is 13.3. The van der Waals surface area contributed by atoms with Crippen molar-refractivity contribution in [1.82, 2.24) is 4.98 Å². The Labute approximate surface area is 120 Å². The molecule has 0 radical (unpaired) electrons. The van der Waals surface area contributed by atoms with Gasteiger partial charge in [0.25, 0.3) is 0 Å². The lowest BCUT2D eigenvalue weighted by Gasteiger charge is -2.11. The zero-order valence-corrected chi connectivity index (χ0v) is 11.9. The van der Waals surface area contributed by atoms with Crippen LogP contribution in [0.2, 0.25) is 5.02 Å². The molecule has 0 spiro atoms. The minimum absolute atomic E-state index is 0.364. The van der Waals surface area contributed by atoms with Crippen molar-refractivity contribution in [2.75, 3.05) is 11.9 Å². The number of nitrogens with two attached hydrogens (primary N) is 1. The fraction of sp³-hybridized carbons (Fsp3) is 0.167. The smallest absolute Gasteiger partial charge is 0.106 e. The molecular weight excluding hydrogens is 286 g/mol. The second-order valence-electron chi connectivity index (χ2n) is 3.66. The summed E-state index contributed by atoms with van der Waals surface area (Å²) in [6.07, 6.45) is 2.67. The lowest BCUT2D eigenvalue weighted by atomic mass is 10.1. The number of nitrogens with one attached hydrogen (secondary N) is 1. The van der Waals surface area contributed by atoms with Crippen LogP contribution < -0.4 is 11.1 Å². The molecule has 0 aliphatic heterocycles. The number of thiazole rings is 1. The highest BCUT2D eigenvalue weighted by molar-refractivity contribution is 7.80. The lowest BCUT2D eigenvalue weighted by molar-refractivity contribution is 0.998. The molecule has 0 fully saturated rings. The molecule has 0 saturated heterocycles. The molecule has 3 N–H and O–H groups in total. The molecule has 94 valence electrons. The fourth-order valence-corrected chi connectivity index (χ4v) is 2.53.